The van der Waals surface area contributed by atoms with Gasteiger partial charge in [0, 0.05) is 29.5 Å². The smallest absolute Gasteiger partial charge is 0.255 e. The zero-order valence-corrected chi connectivity index (χ0v) is 18.3. The van der Waals surface area contributed by atoms with Crippen LogP contribution in [-0.2, 0) is 4.79 Å². The van der Waals surface area contributed by atoms with Gasteiger partial charge in [0.05, 0.1) is 37.2 Å². The molecule has 2 amide bonds. The largest absolute Gasteiger partial charge is 0.394 e. The minimum absolute atomic E-state index is 0.0610. The molecule has 1 fully saturated rings. The number of alkyl halides is 1. The van der Waals surface area contributed by atoms with Gasteiger partial charge in [0.15, 0.2) is 5.65 Å². The minimum atomic E-state index is -1.21. The number of rotatable bonds is 7. The third-order valence-electron chi connectivity index (χ3n) is 5.34. The van der Waals surface area contributed by atoms with Crippen molar-refractivity contribution in [2.45, 2.75) is 12.2 Å². The molecule has 2 aromatic heterocycles. The Kier molecular flexibility index (Phi) is 6.25. The predicted octanol–water partition coefficient (Wildman–Crippen LogP) is 1.34. The maximum Gasteiger partial charge on any atom is 0.255 e. The Hall–Kier alpha value is -3.57. The van der Waals surface area contributed by atoms with Crippen molar-refractivity contribution in [3.63, 3.8) is 0 Å². The zero-order chi connectivity index (χ0) is 23.7. The summed E-state index contributed by atoms with van der Waals surface area (Å²) in [5, 5.41) is 24.1. The summed E-state index contributed by atoms with van der Waals surface area (Å²) in [6, 6.07) is 3.81. The van der Waals surface area contributed by atoms with Crippen molar-refractivity contribution in [2.75, 3.05) is 32.1 Å². The molecule has 0 bridgehead atoms. The van der Waals surface area contributed by atoms with Crippen LogP contribution in [0.3, 0.4) is 0 Å². The first-order chi connectivity index (χ1) is 15.8. The molecular formula is C21H21ClFN7O3. The van der Waals surface area contributed by atoms with E-state index < -0.39 is 30.6 Å². The van der Waals surface area contributed by atoms with E-state index in [4.69, 9.17) is 17.0 Å². The second-order valence-corrected chi connectivity index (χ2v) is 7.96. The Balaban J connectivity index is 1.59. The third-order valence-corrected chi connectivity index (χ3v) is 5.57. The summed E-state index contributed by atoms with van der Waals surface area (Å²) in [6.45, 7) is -0.756. The Morgan fingerprint density at radius 1 is 1.39 bits per heavy atom. The summed E-state index contributed by atoms with van der Waals surface area (Å²) < 4.78 is 13.1. The predicted molar refractivity (Wildman–Crippen MR) is 121 cm³/mol. The fourth-order valence-corrected chi connectivity index (χ4v) is 3.68. The molecule has 0 aliphatic carbocycles. The van der Waals surface area contributed by atoms with E-state index in [1.807, 2.05) is 0 Å². The number of H-pyrrole nitrogens is 1. The zero-order valence-electron chi connectivity index (χ0n) is 17.5. The number of nitrogens with one attached hydrogen (secondary N) is 4. The number of halogens is 2. The van der Waals surface area contributed by atoms with Crippen LogP contribution in [0.2, 0.25) is 5.02 Å². The number of hydrogen-bond donors (Lipinski definition) is 5. The number of likely N-dealkylation sites (tertiary alicyclic amines) is 1. The maximum absolute atomic E-state index is 13.1. The van der Waals surface area contributed by atoms with Gasteiger partial charge in [-0.15, -0.1) is 0 Å². The molecule has 3 heterocycles. The molecule has 4 rings (SSSR count). The molecule has 0 spiro atoms. The number of aromatic amines is 1. The van der Waals surface area contributed by atoms with Crippen molar-refractivity contribution in [2.24, 2.45) is 0 Å². The molecule has 0 radical (unpaired) electrons. The van der Waals surface area contributed by atoms with Gasteiger partial charge in [0.25, 0.3) is 5.91 Å². The van der Waals surface area contributed by atoms with Gasteiger partial charge < -0.3 is 25.6 Å². The number of hydrogen-bond acceptors (Lipinski definition) is 7. The summed E-state index contributed by atoms with van der Waals surface area (Å²) in [4.78, 5) is 37.9. The van der Waals surface area contributed by atoms with Crippen LogP contribution in [0, 0.1) is 5.41 Å². The van der Waals surface area contributed by atoms with Crippen LogP contribution in [-0.4, -0.2) is 81.4 Å². The van der Waals surface area contributed by atoms with E-state index in [1.54, 1.807) is 25.2 Å². The molecule has 5 N–H and O–H groups in total. The molecule has 1 saturated heterocycles. The summed E-state index contributed by atoms with van der Waals surface area (Å²) in [5.74, 6) is -1.22. The van der Waals surface area contributed by atoms with E-state index in [-0.39, 0.29) is 35.6 Å². The van der Waals surface area contributed by atoms with E-state index in [1.165, 1.54) is 17.3 Å². The first-order valence-corrected chi connectivity index (χ1v) is 10.5. The Morgan fingerprint density at radius 3 is 2.82 bits per heavy atom. The van der Waals surface area contributed by atoms with E-state index in [2.05, 4.69) is 25.6 Å². The van der Waals surface area contributed by atoms with Gasteiger partial charge in [-0.3, -0.25) is 15.0 Å². The molecule has 1 aliphatic heterocycles. The number of fused-ring (bicyclic) bond motifs is 1. The summed E-state index contributed by atoms with van der Waals surface area (Å²) in [7, 11) is 1.71. The molecule has 0 saturated carbocycles. The second-order valence-electron chi connectivity index (χ2n) is 7.52. The molecule has 0 unspecified atom stereocenters. The molecule has 10 nitrogen and oxygen atoms in total. The molecular weight excluding hydrogens is 453 g/mol. The van der Waals surface area contributed by atoms with Crippen LogP contribution >= 0.6 is 11.6 Å². The number of anilines is 1. The second kappa shape index (κ2) is 9.12. The van der Waals surface area contributed by atoms with Crippen LogP contribution in [0.15, 0.2) is 30.6 Å². The van der Waals surface area contributed by atoms with Gasteiger partial charge in [-0.1, -0.05) is 11.6 Å². The van der Waals surface area contributed by atoms with Crippen LogP contribution in [0.5, 0.6) is 0 Å². The lowest BCUT2D eigenvalue weighted by molar-refractivity contribution is -0.141. The molecule has 3 aromatic rings. The summed E-state index contributed by atoms with van der Waals surface area (Å²) >= 11 is 6.03. The highest BCUT2D eigenvalue weighted by Gasteiger charge is 2.35. The quantitative estimate of drug-likeness (QED) is 0.327. The average Bonchev–Trinajstić information content (AvgIpc) is 3.22. The van der Waals surface area contributed by atoms with E-state index in [0.717, 1.165) is 0 Å². The highest BCUT2D eigenvalue weighted by atomic mass is 35.5. The standard InChI is InChI=1S/C21H21ClFN7O3/c1-25-14-4-10(22)2-3-12(14)17(24)15-6-27-19-18(28-15)13(5-26-19)20(32)29-16(9-31)21(33)30-7-11(23)8-30/h2-6,11,16,24-25,31H,7-9H2,1H3,(H,26,27)(H,29,32)/t16-/m1/s1. The van der Waals surface area contributed by atoms with Crippen LogP contribution < -0.4 is 10.6 Å². The molecule has 12 heteroatoms. The fraction of sp³-hybridized carbons (Fsp3) is 0.286. The number of amides is 2. The minimum Gasteiger partial charge on any atom is -0.394 e. The van der Waals surface area contributed by atoms with Gasteiger partial charge in [0.1, 0.15) is 23.4 Å². The normalized spacial score (nSPS) is 14.6. The van der Waals surface area contributed by atoms with Crippen molar-refractivity contribution in [3.05, 3.63) is 52.4 Å². The van der Waals surface area contributed by atoms with Gasteiger partial charge >= 0.3 is 0 Å². The van der Waals surface area contributed by atoms with Crippen molar-refractivity contribution in [1.29, 1.82) is 5.41 Å². The number of carbonyl (C=O) groups excluding carboxylic acids is 2. The highest BCUT2D eigenvalue weighted by Crippen LogP contribution is 2.24. The monoisotopic (exact) mass is 473 g/mol. The van der Waals surface area contributed by atoms with E-state index >= 15 is 0 Å². The average molecular weight is 474 g/mol. The first kappa shape index (κ1) is 22.6. The molecule has 1 aliphatic rings. The number of carbonyl (C=O) groups is 2. The molecule has 1 aromatic carbocycles. The lowest BCUT2D eigenvalue weighted by Gasteiger charge is -2.36. The number of aliphatic hydroxyl groups excluding tert-OH is 1. The first-order valence-electron chi connectivity index (χ1n) is 10.1. The number of nitrogens with zero attached hydrogens (tertiary/aromatic N) is 3. The summed E-state index contributed by atoms with van der Waals surface area (Å²) in [5.41, 5.74) is 2.08. The van der Waals surface area contributed by atoms with Crippen LogP contribution in [0.1, 0.15) is 21.6 Å². The van der Waals surface area contributed by atoms with Crippen molar-refractivity contribution in [1.82, 2.24) is 25.2 Å². The molecule has 33 heavy (non-hydrogen) atoms. The number of aliphatic hydroxyl groups is 1. The van der Waals surface area contributed by atoms with Gasteiger partial charge in [-0.05, 0) is 18.2 Å². The van der Waals surface area contributed by atoms with Gasteiger partial charge in [-0.25, -0.2) is 14.4 Å². The van der Waals surface area contributed by atoms with Crippen molar-refractivity contribution < 1.29 is 19.1 Å². The Labute approximate surface area is 192 Å². The Bertz CT molecular complexity index is 1240. The molecule has 172 valence electrons. The van der Waals surface area contributed by atoms with Crippen LogP contribution in [0.4, 0.5) is 10.1 Å². The van der Waals surface area contributed by atoms with Crippen molar-refractivity contribution in [3.8, 4) is 0 Å². The van der Waals surface area contributed by atoms with Gasteiger partial charge in [-0.2, -0.15) is 0 Å². The number of aromatic nitrogens is 3. The lowest BCUT2D eigenvalue weighted by Crippen LogP contribution is -2.59. The van der Waals surface area contributed by atoms with E-state index in [0.29, 0.717) is 21.9 Å². The highest BCUT2D eigenvalue weighted by molar-refractivity contribution is 6.31. The number of benzene rings is 1. The van der Waals surface area contributed by atoms with Crippen LogP contribution in [0.25, 0.3) is 11.2 Å². The fourth-order valence-electron chi connectivity index (χ4n) is 3.51. The van der Waals surface area contributed by atoms with Crippen molar-refractivity contribution >= 4 is 46.0 Å². The van der Waals surface area contributed by atoms with E-state index in [9.17, 15) is 19.1 Å². The Morgan fingerprint density at radius 2 is 2.15 bits per heavy atom. The third kappa shape index (κ3) is 4.37. The van der Waals surface area contributed by atoms with Gasteiger partial charge in [0.2, 0.25) is 5.91 Å². The SMILES string of the molecule is CNc1cc(Cl)ccc1C(=N)c1cnc2[nH]cc(C(=O)N[C@H](CO)C(=O)N3CC(F)C3)c2n1. The maximum atomic E-state index is 13.1. The summed E-state index contributed by atoms with van der Waals surface area (Å²) in [6.07, 6.45) is 1.70. The topological polar surface area (TPSA) is 147 Å². The lowest BCUT2D eigenvalue weighted by atomic mass is 10.1. The molecule has 1 atom stereocenters.